The van der Waals surface area contributed by atoms with Crippen molar-refractivity contribution >= 4 is 5.91 Å². The Morgan fingerprint density at radius 2 is 2.17 bits per heavy atom. The average molecular weight is 248 g/mol. The van der Waals surface area contributed by atoms with Crippen LogP contribution in [0.5, 0.6) is 0 Å². The van der Waals surface area contributed by atoms with Gasteiger partial charge in [0.15, 0.2) is 0 Å². The van der Waals surface area contributed by atoms with Crippen molar-refractivity contribution < 1.29 is 4.79 Å². The molecule has 100 valence electrons. The number of hydrogen-bond donors (Lipinski definition) is 1. The van der Waals surface area contributed by atoms with E-state index >= 15 is 0 Å². The van der Waals surface area contributed by atoms with Gasteiger partial charge in [-0.05, 0) is 30.9 Å². The van der Waals surface area contributed by atoms with Crippen LogP contribution < -0.4 is 5.32 Å². The summed E-state index contributed by atoms with van der Waals surface area (Å²) in [4.78, 5) is 11.8. The van der Waals surface area contributed by atoms with E-state index in [-0.39, 0.29) is 5.91 Å². The van der Waals surface area contributed by atoms with Gasteiger partial charge in [0, 0.05) is 19.8 Å². The van der Waals surface area contributed by atoms with Crippen LogP contribution >= 0.6 is 0 Å². The zero-order valence-corrected chi connectivity index (χ0v) is 11.3. The molecule has 1 heterocycles. The zero-order chi connectivity index (χ0) is 12.8. The number of nitrogens with one attached hydrogen (secondary N) is 1. The third-order valence-corrected chi connectivity index (χ3v) is 3.98. The molecule has 0 unspecified atom stereocenters. The molecule has 1 saturated carbocycles. The molecule has 1 N–H and O–H groups in total. The number of nitrogens with zero attached hydrogens (tertiary/aromatic N) is 1. The molecule has 0 aromatic carbocycles. The van der Waals surface area contributed by atoms with Crippen LogP contribution in [0, 0.1) is 5.92 Å². The first-order chi connectivity index (χ1) is 8.77. The molecule has 18 heavy (non-hydrogen) atoms. The molecule has 0 atom stereocenters. The molecule has 3 nitrogen and oxygen atoms in total. The third kappa shape index (κ3) is 3.62. The summed E-state index contributed by atoms with van der Waals surface area (Å²) in [6, 6.07) is 3.76. The van der Waals surface area contributed by atoms with E-state index in [9.17, 15) is 4.79 Å². The van der Waals surface area contributed by atoms with Crippen molar-refractivity contribution in [2.24, 2.45) is 13.0 Å². The molecule has 0 saturated heterocycles. The van der Waals surface area contributed by atoms with Crippen LogP contribution in [0.15, 0.2) is 18.3 Å². The molecule has 0 spiro atoms. The number of rotatable bonds is 5. The Bertz CT molecular complexity index is 378. The second-order valence-corrected chi connectivity index (χ2v) is 5.41. The van der Waals surface area contributed by atoms with E-state index < -0.39 is 0 Å². The minimum Gasteiger partial charge on any atom is -0.351 e. The van der Waals surface area contributed by atoms with Crippen molar-refractivity contribution in [1.82, 2.24) is 9.88 Å². The highest BCUT2D eigenvalue weighted by Gasteiger charge is 2.13. The molecular weight excluding hydrogens is 224 g/mol. The molecular formula is C15H24N2O. The van der Waals surface area contributed by atoms with Gasteiger partial charge < -0.3 is 9.88 Å². The van der Waals surface area contributed by atoms with Crippen LogP contribution in [0.2, 0.25) is 0 Å². The maximum Gasteiger partial charge on any atom is 0.267 e. The van der Waals surface area contributed by atoms with Crippen molar-refractivity contribution in [3.8, 4) is 0 Å². The summed E-state index contributed by atoms with van der Waals surface area (Å²) >= 11 is 0. The Balaban J connectivity index is 1.63. The standard InChI is InChI=1S/C15H24N2O/c1-17-12-6-10-14(17)15(18)16-11-5-9-13-7-3-2-4-8-13/h6,10,12-13H,2-5,7-9,11H2,1H3,(H,16,18). The van der Waals surface area contributed by atoms with Crippen LogP contribution in [0.1, 0.15) is 55.4 Å². The van der Waals surface area contributed by atoms with E-state index in [0.717, 1.165) is 24.6 Å². The van der Waals surface area contributed by atoms with Gasteiger partial charge in [-0.25, -0.2) is 0 Å². The van der Waals surface area contributed by atoms with E-state index in [2.05, 4.69) is 5.32 Å². The summed E-state index contributed by atoms with van der Waals surface area (Å²) in [6.07, 6.45) is 11.3. The Morgan fingerprint density at radius 3 is 2.83 bits per heavy atom. The van der Waals surface area contributed by atoms with Gasteiger partial charge in [-0.3, -0.25) is 4.79 Å². The van der Waals surface area contributed by atoms with Crippen LogP contribution in [-0.4, -0.2) is 17.0 Å². The Kier molecular flexibility index (Phi) is 4.85. The molecule has 0 bridgehead atoms. The maximum atomic E-state index is 11.8. The predicted octanol–water partition coefficient (Wildman–Crippen LogP) is 3.12. The fourth-order valence-corrected chi connectivity index (χ4v) is 2.86. The lowest BCUT2D eigenvalue weighted by Gasteiger charge is -2.21. The number of aromatic nitrogens is 1. The molecule has 2 rings (SSSR count). The quantitative estimate of drug-likeness (QED) is 0.798. The largest absolute Gasteiger partial charge is 0.351 e. The van der Waals surface area contributed by atoms with E-state index in [1.807, 2.05) is 29.9 Å². The van der Waals surface area contributed by atoms with Crippen LogP contribution in [0.4, 0.5) is 0 Å². The first-order valence-electron chi connectivity index (χ1n) is 7.17. The predicted molar refractivity (Wildman–Crippen MR) is 73.6 cm³/mol. The lowest BCUT2D eigenvalue weighted by atomic mass is 9.86. The van der Waals surface area contributed by atoms with Crippen LogP contribution in [0.25, 0.3) is 0 Å². The first kappa shape index (κ1) is 13.2. The van der Waals surface area contributed by atoms with Crippen molar-refractivity contribution in [2.45, 2.75) is 44.9 Å². The fraction of sp³-hybridized carbons (Fsp3) is 0.667. The van der Waals surface area contributed by atoms with Gasteiger partial charge in [-0.2, -0.15) is 0 Å². The molecule has 3 heteroatoms. The smallest absolute Gasteiger partial charge is 0.267 e. The van der Waals surface area contributed by atoms with E-state index in [1.54, 1.807) is 0 Å². The van der Waals surface area contributed by atoms with Crippen LogP contribution in [0.3, 0.4) is 0 Å². The summed E-state index contributed by atoms with van der Waals surface area (Å²) in [7, 11) is 1.90. The highest BCUT2D eigenvalue weighted by Crippen LogP contribution is 2.26. The monoisotopic (exact) mass is 248 g/mol. The Morgan fingerprint density at radius 1 is 1.39 bits per heavy atom. The molecule has 1 aromatic rings. The van der Waals surface area contributed by atoms with E-state index in [0.29, 0.717) is 0 Å². The Hall–Kier alpha value is -1.25. The summed E-state index contributed by atoms with van der Waals surface area (Å²) in [6.45, 7) is 0.806. The molecule has 0 radical (unpaired) electrons. The lowest BCUT2D eigenvalue weighted by molar-refractivity contribution is 0.0944. The molecule has 1 aromatic heterocycles. The van der Waals surface area contributed by atoms with Gasteiger partial charge in [0.1, 0.15) is 5.69 Å². The molecule has 1 aliphatic carbocycles. The second-order valence-electron chi connectivity index (χ2n) is 5.41. The third-order valence-electron chi connectivity index (χ3n) is 3.98. The molecule has 1 aliphatic rings. The SMILES string of the molecule is Cn1cccc1C(=O)NCCCC1CCCCC1. The van der Waals surface area contributed by atoms with Gasteiger partial charge in [0.25, 0.3) is 5.91 Å². The topological polar surface area (TPSA) is 34.0 Å². The number of carbonyl (C=O) groups excluding carboxylic acids is 1. The lowest BCUT2D eigenvalue weighted by Crippen LogP contribution is -2.26. The molecule has 1 fully saturated rings. The molecule has 1 amide bonds. The molecule has 0 aliphatic heterocycles. The fourth-order valence-electron chi connectivity index (χ4n) is 2.86. The minimum atomic E-state index is 0.0474. The van der Waals surface area contributed by atoms with Crippen molar-refractivity contribution in [3.63, 3.8) is 0 Å². The summed E-state index contributed by atoms with van der Waals surface area (Å²) in [5, 5.41) is 3.01. The normalized spacial score (nSPS) is 16.7. The summed E-state index contributed by atoms with van der Waals surface area (Å²) < 4.78 is 1.86. The van der Waals surface area contributed by atoms with Crippen molar-refractivity contribution in [3.05, 3.63) is 24.0 Å². The summed E-state index contributed by atoms with van der Waals surface area (Å²) in [5.41, 5.74) is 0.743. The first-order valence-corrected chi connectivity index (χ1v) is 7.17. The number of hydrogen-bond acceptors (Lipinski definition) is 1. The van der Waals surface area contributed by atoms with Gasteiger partial charge in [0.05, 0.1) is 0 Å². The minimum absolute atomic E-state index is 0.0474. The van der Waals surface area contributed by atoms with E-state index in [1.165, 1.54) is 38.5 Å². The van der Waals surface area contributed by atoms with Crippen molar-refractivity contribution in [1.29, 1.82) is 0 Å². The van der Waals surface area contributed by atoms with Gasteiger partial charge in [-0.15, -0.1) is 0 Å². The van der Waals surface area contributed by atoms with E-state index in [4.69, 9.17) is 0 Å². The number of carbonyl (C=O) groups is 1. The van der Waals surface area contributed by atoms with Crippen LogP contribution in [-0.2, 0) is 7.05 Å². The average Bonchev–Trinajstić information content (AvgIpc) is 2.82. The van der Waals surface area contributed by atoms with Crippen molar-refractivity contribution in [2.75, 3.05) is 6.54 Å². The van der Waals surface area contributed by atoms with Gasteiger partial charge >= 0.3 is 0 Å². The number of aryl methyl sites for hydroxylation is 1. The van der Waals surface area contributed by atoms with Gasteiger partial charge in [0.2, 0.25) is 0 Å². The maximum absolute atomic E-state index is 11.8. The number of amides is 1. The highest BCUT2D eigenvalue weighted by atomic mass is 16.1. The zero-order valence-electron chi connectivity index (χ0n) is 11.3. The summed E-state index contributed by atoms with van der Waals surface area (Å²) in [5.74, 6) is 0.955. The van der Waals surface area contributed by atoms with Gasteiger partial charge in [-0.1, -0.05) is 32.1 Å². The Labute approximate surface area is 110 Å². The highest BCUT2D eigenvalue weighted by molar-refractivity contribution is 5.92. The second kappa shape index (κ2) is 6.62.